The minimum atomic E-state index is 0.0544. The van der Waals surface area contributed by atoms with Crippen LogP contribution in [0.1, 0.15) is 6.42 Å². The second-order valence-corrected chi connectivity index (χ2v) is 3.28. The summed E-state index contributed by atoms with van der Waals surface area (Å²) in [6.45, 7) is 0.619. The molecule has 1 aliphatic rings. The number of anilines is 2. The number of carbonyl (C=O) groups is 1. The molecule has 15 heavy (non-hydrogen) atoms. The lowest BCUT2D eigenvalue weighted by molar-refractivity contribution is -0.119. The van der Waals surface area contributed by atoms with E-state index in [1.54, 1.807) is 6.07 Å². The zero-order chi connectivity index (χ0) is 10.7. The zero-order valence-corrected chi connectivity index (χ0v) is 8.03. The molecule has 1 aliphatic heterocycles. The average molecular weight is 208 g/mol. The summed E-state index contributed by atoms with van der Waals surface area (Å²) in [6.07, 6.45) is 1.87. The lowest BCUT2D eigenvalue weighted by atomic mass is 10.2. The summed E-state index contributed by atoms with van der Waals surface area (Å²) in [5.41, 5.74) is 2.43. The predicted molar refractivity (Wildman–Crippen MR) is 54.9 cm³/mol. The first-order valence-corrected chi connectivity index (χ1v) is 4.60. The Hall–Kier alpha value is -1.89. The Morgan fingerprint density at radius 1 is 1.47 bits per heavy atom. The van der Waals surface area contributed by atoms with Gasteiger partial charge in [0, 0.05) is 19.0 Å². The van der Waals surface area contributed by atoms with Gasteiger partial charge in [0.15, 0.2) is 0 Å². The number of nitrogens with two attached hydrogens (primary N) is 1. The van der Waals surface area contributed by atoms with Crippen molar-refractivity contribution in [2.75, 3.05) is 17.3 Å². The molecule has 0 spiro atoms. The first-order chi connectivity index (χ1) is 7.28. The summed E-state index contributed by atoms with van der Waals surface area (Å²) in [6, 6.07) is 1.76. The molecule has 5 N–H and O–H groups in total. The van der Waals surface area contributed by atoms with Crippen molar-refractivity contribution < 1.29 is 4.79 Å². The van der Waals surface area contributed by atoms with Crippen molar-refractivity contribution in [2.45, 2.75) is 12.5 Å². The Labute approximate surface area is 86.4 Å². The standard InChI is InChI=1S/C8H12N6O/c9-14-7-2-6(11-4-12-7)13-5-1-8(15)10-3-5/h2,4-5H,1,3,9H2,(H,10,15)(H2,11,12,13,14). The quantitative estimate of drug-likeness (QED) is 0.377. The largest absolute Gasteiger partial charge is 0.365 e. The van der Waals surface area contributed by atoms with E-state index in [-0.39, 0.29) is 11.9 Å². The van der Waals surface area contributed by atoms with E-state index in [0.717, 1.165) is 0 Å². The fourth-order valence-electron chi connectivity index (χ4n) is 1.43. The Balaban J connectivity index is 2.01. The highest BCUT2D eigenvalue weighted by atomic mass is 16.1. The number of nitrogens with one attached hydrogen (secondary N) is 3. The molecule has 0 bridgehead atoms. The van der Waals surface area contributed by atoms with E-state index in [0.29, 0.717) is 24.6 Å². The molecule has 1 unspecified atom stereocenters. The summed E-state index contributed by atoms with van der Waals surface area (Å²) in [4.78, 5) is 18.8. The van der Waals surface area contributed by atoms with E-state index in [1.807, 2.05) is 0 Å². The highest BCUT2D eigenvalue weighted by Gasteiger charge is 2.21. The molecule has 80 valence electrons. The van der Waals surface area contributed by atoms with Gasteiger partial charge in [-0.3, -0.25) is 4.79 Å². The maximum Gasteiger partial charge on any atom is 0.222 e. The lowest BCUT2D eigenvalue weighted by Gasteiger charge is -2.11. The molecule has 0 saturated carbocycles. The van der Waals surface area contributed by atoms with E-state index in [1.165, 1.54) is 6.33 Å². The summed E-state index contributed by atoms with van der Waals surface area (Å²) in [5, 5.41) is 5.85. The summed E-state index contributed by atoms with van der Waals surface area (Å²) in [7, 11) is 0. The van der Waals surface area contributed by atoms with Crippen LogP contribution in [-0.4, -0.2) is 28.5 Å². The van der Waals surface area contributed by atoms with Gasteiger partial charge in [-0.25, -0.2) is 15.8 Å². The van der Waals surface area contributed by atoms with Crippen molar-refractivity contribution in [2.24, 2.45) is 5.84 Å². The van der Waals surface area contributed by atoms with Crippen LogP contribution in [-0.2, 0) is 4.79 Å². The van der Waals surface area contributed by atoms with Crippen molar-refractivity contribution >= 4 is 17.5 Å². The molecule has 7 heteroatoms. The van der Waals surface area contributed by atoms with Gasteiger partial charge in [-0.1, -0.05) is 0 Å². The fourth-order valence-corrected chi connectivity index (χ4v) is 1.43. The molecule has 0 aromatic carbocycles. The van der Waals surface area contributed by atoms with Crippen molar-refractivity contribution in [1.82, 2.24) is 15.3 Å². The topological polar surface area (TPSA) is 105 Å². The number of carbonyl (C=O) groups excluding carboxylic acids is 1. The molecule has 1 amide bonds. The van der Waals surface area contributed by atoms with Crippen LogP contribution in [0.15, 0.2) is 12.4 Å². The Morgan fingerprint density at radius 2 is 2.27 bits per heavy atom. The Bertz CT molecular complexity index is 368. The highest BCUT2D eigenvalue weighted by Crippen LogP contribution is 2.11. The molecular weight excluding hydrogens is 196 g/mol. The van der Waals surface area contributed by atoms with Gasteiger partial charge in [-0.05, 0) is 0 Å². The second kappa shape index (κ2) is 4.09. The molecule has 1 saturated heterocycles. The maximum absolute atomic E-state index is 11.0. The van der Waals surface area contributed by atoms with Gasteiger partial charge in [0.25, 0.3) is 0 Å². The van der Waals surface area contributed by atoms with Gasteiger partial charge in [0.05, 0.1) is 6.04 Å². The normalized spacial score (nSPS) is 19.8. The van der Waals surface area contributed by atoms with Crippen LogP contribution in [0.3, 0.4) is 0 Å². The number of hydrazine groups is 1. The lowest BCUT2D eigenvalue weighted by Crippen LogP contribution is -2.23. The van der Waals surface area contributed by atoms with Crippen LogP contribution in [0.2, 0.25) is 0 Å². The van der Waals surface area contributed by atoms with Crippen molar-refractivity contribution in [3.63, 3.8) is 0 Å². The van der Waals surface area contributed by atoms with Crippen molar-refractivity contribution in [3.05, 3.63) is 12.4 Å². The third kappa shape index (κ3) is 2.32. The van der Waals surface area contributed by atoms with Crippen LogP contribution in [0.4, 0.5) is 11.6 Å². The van der Waals surface area contributed by atoms with Crippen LogP contribution >= 0.6 is 0 Å². The van der Waals surface area contributed by atoms with Gasteiger partial charge in [-0.2, -0.15) is 0 Å². The predicted octanol–water partition coefficient (Wildman–Crippen LogP) is -0.937. The third-order valence-corrected chi connectivity index (χ3v) is 2.14. The number of hydrogen-bond acceptors (Lipinski definition) is 6. The van der Waals surface area contributed by atoms with Crippen LogP contribution in [0.5, 0.6) is 0 Å². The van der Waals surface area contributed by atoms with Gasteiger partial charge >= 0.3 is 0 Å². The maximum atomic E-state index is 11.0. The third-order valence-electron chi connectivity index (χ3n) is 2.14. The monoisotopic (exact) mass is 208 g/mol. The smallest absolute Gasteiger partial charge is 0.222 e. The molecule has 2 heterocycles. The molecular formula is C8H12N6O. The van der Waals surface area contributed by atoms with E-state index in [9.17, 15) is 4.79 Å². The van der Waals surface area contributed by atoms with E-state index in [4.69, 9.17) is 5.84 Å². The highest BCUT2D eigenvalue weighted by molar-refractivity contribution is 5.79. The molecule has 0 aliphatic carbocycles. The Kier molecular flexibility index (Phi) is 2.64. The zero-order valence-electron chi connectivity index (χ0n) is 8.03. The van der Waals surface area contributed by atoms with Crippen molar-refractivity contribution in [1.29, 1.82) is 0 Å². The SMILES string of the molecule is NNc1cc(NC2CNC(=O)C2)ncn1. The van der Waals surface area contributed by atoms with Crippen LogP contribution in [0, 0.1) is 0 Å². The van der Waals surface area contributed by atoms with Gasteiger partial charge < -0.3 is 16.1 Å². The molecule has 0 radical (unpaired) electrons. The molecule has 1 atom stereocenters. The average Bonchev–Trinajstić information content (AvgIpc) is 2.64. The molecule has 1 fully saturated rings. The number of amides is 1. The van der Waals surface area contributed by atoms with Gasteiger partial charge in [0.2, 0.25) is 5.91 Å². The molecule has 7 nitrogen and oxygen atoms in total. The summed E-state index contributed by atoms with van der Waals surface area (Å²) in [5.74, 6) is 6.45. The minimum Gasteiger partial charge on any atom is -0.365 e. The number of hydrogen-bond donors (Lipinski definition) is 4. The molecule has 2 rings (SSSR count). The van der Waals surface area contributed by atoms with E-state index < -0.39 is 0 Å². The number of rotatable bonds is 3. The minimum absolute atomic E-state index is 0.0544. The number of aromatic nitrogens is 2. The summed E-state index contributed by atoms with van der Waals surface area (Å²) >= 11 is 0. The van der Waals surface area contributed by atoms with E-state index >= 15 is 0 Å². The second-order valence-electron chi connectivity index (χ2n) is 3.28. The number of nitrogen functional groups attached to an aromatic ring is 1. The first kappa shape index (κ1) is 9.66. The van der Waals surface area contributed by atoms with E-state index in [2.05, 4.69) is 26.0 Å². The molecule has 1 aromatic rings. The first-order valence-electron chi connectivity index (χ1n) is 4.60. The van der Waals surface area contributed by atoms with Crippen LogP contribution in [0.25, 0.3) is 0 Å². The van der Waals surface area contributed by atoms with Gasteiger partial charge in [-0.15, -0.1) is 0 Å². The fraction of sp³-hybridized carbons (Fsp3) is 0.375. The summed E-state index contributed by atoms with van der Waals surface area (Å²) < 4.78 is 0. The number of nitrogens with zero attached hydrogens (tertiary/aromatic N) is 2. The molecule has 1 aromatic heterocycles. The Morgan fingerprint density at radius 3 is 2.93 bits per heavy atom. The van der Waals surface area contributed by atoms with Gasteiger partial charge in [0.1, 0.15) is 18.0 Å². The van der Waals surface area contributed by atoms with Crippen molar-refractivity contribution in [3.8, 4) is 0 Å². The van der Waals surface area contributed by atoms with Crippen LogP contribution < -0.4 is 21.9 Å².